The number of ether oxygens (including phenoxy) is 1. The number of carbonyl (C=O) groups is 1. The van der Waals surface area contributed by atoms with Crippen LogP contribution in [0.5, 0.6) is 5.75 Å². The summed E-state index contributed by atoms with van der Waals surface area (Å²) in [5.74, 6) is 0.186. The standard InChI is InChI=1S/C17H15N3O2/c1-22-15-5-3-2-4-12(15)16-13(17(18)21)10-14(20-16)11-6-8-19-9-7-11/h2-10,20H,1H3,(H2,18,21). The van der Waals surface area contributed by atoms with E-state index < -0.39 is 5.91 Å². The molecule has 5 heteroatoms. The normalized spacial score (nSPS) is 10.4. The summed E-state index contributed by atoms with van der Waals surface area (Å²) in [5.41, 5.74) is 9.12. The van der Waals surface area contributed by atoms with E-state index in [-0.39, 0.29) is 0 Å². The predicted octanol–water partition coefficient (Wildman–Crippen LogP) is 2.85. The zero-order valence-corrected chi connectivity index (χ0v) is 12.0. The average Bonchev–Trinajstić information content (AvgIpc) is 3.01. The summed E-state index contributed by atoms with van der Waals surface area (Å²) in [5, 5.41) is 0. The van der Waals surface area contributed by atoms with Crippen LogP contribution in [0.4, 0.5) is 0 Å². The van der Waals surface area contributed by atoms with Gasteiger partial charge in [0.1, 0.15) is 5.75 Å². The van der Waals surface area contributed by atoms with Gasteiger partial charge in [-0.25, -0.2) is 0 Å². The molecule has 0 aliphatic heterocycles. The van der Waals surface area contributed by atoms with E-state index in [9.17, 15) is 4.79 Å². The van der Waals surface area contributed by atoms with Gasteiger partial charge in [-0.15, -0.1) is 0 Å². The first-order chi connectivity index (χ1) is 10.7. The number of carbonyl (C=O) groups excluding carboxylic acids is 1. The minimum atomic E-state index is -0.488. The Bertz CT molecular complexity index is 810. The smallest absolute Gasteiger partial charge is 0.250 e. The van der Waals surface area contributed by atoms with E-state index in [1.54, 1.807) is 25.6 Å². The summed E-state index contributed by atoms with van der Waals surface area (Å²) < 4.78 is 5.37. The maximum atomic E-state index is 11.8. The molecule has 0 aliphatic carbocycles. The molecule has 110 valence electrons. The van der Waals surface area contributed by atoms with Gasteiger partial charge in [-0.3, -0.25) is 9.78 Å². The average molecular weight is 293 g/mol. The predicted molar refractivity (Wildman–Crippen MR) is 84.5 cm³/mol. The molecule has 3 aromatic rings. The molecule has 3 rings (SSSR count). The highest BCUT2D eigenvalue weighted by molar-refractivity contribution is 6.01. The Morgan fingerprint density at radius 2 is 1.91 bits per heavy atom. The van der Waals surface area contributed by atoms with Crippen LogP contribution >= 0.6 is 0 Å². The number of pyridine rings is 1. The molecule has 0 unspecified atom stereocenters. The molecule has 0 bridgehead atoms. The highest BCUT2D eigenvalue weighted by Gasteiger charge is 2.18. The van der Waals surface area contributed by atoms with Crippen molar-refractivity contribution in [2.75, 3.05) is 7.11 Å². The van der Waals surface area contributed by atoms with Crippen LogP contribution in [0.1, 0.15) is 10.4 Å². The fourth-order valence-corrected chi connectivity index (χ4v) is 2.40. The molecule has 1 aromatic carbocycles. The Hall–Kier alpha value is -3.08. The second kappa shape index (κ2) is 5.73. The first kappa shape index (κ1) is 13.9. The number of aromatic nitrogens is 2. The molecular weight excluding hydrogens is 278 g/mol. The molecular formula is C17H15N3O2. The lowest BCUT2D eigenvalue weighted by molar-refractivity contribution is 0.100. The van der Waals surface area contributed by atoms with Gasteiger partial charge in [-0.05, 0) is 30.3 Å². The molecule has 0 atom stereocenters. The lowest BCUT2D eigenvalue weighted by atomic mass is 10.1. The number of aromatic amines is 1. The van der Waals surface area contributed by atoms with Crippen molar-refractivity contribution in [2.24, 2.45) is 5.73 Å². The monoisotopic (exact) mass is 293 g/mol. The highest BCUT2D eigenvalue weighted by atomic mass is 16.5. The first-order valence-corrected chi connectivity index (χ1v) is 6.77. The molecule has 5 nitrogen and oxygen atoms in total. The number of para-hydroxylation sites is 1. The third-order valence-corrected chi connectivity index (χ3v) is 3.45. The Balaban J connectivity index is 2.19. The summed E-state index contributed by atoms with van der Waals surface area (Å²) in [6, 6.07) is 13.0. The second-order valence-corrected chi connectivity index (χ2v) is 4.77. The van der Waals surface area contributed by atoms with Gasteiger partial charge in [0.25, 0.3) is 5.91 Å². The number of primary amides is 1. The number of hydrogen-bond acceptors (Lipinski definition) is 3. The van der Waals surface area contributed by atoms with Gasteiger partial charge >= 0.3 is 0 Å². The van der Waals surface area contributed by atoms with E-state index in [1.807, 2.05) is 36.4 Å². The summed E-state index contributed by atoms with van der Waals surface area (Å²) >= 11 is 0. The molecule has 0 saturated heterocycles. The van der Waals surface area contributed by atoms with Gasteiger partial charge in [-0.1, -0.05) is 12.1 Å². The van der Waals surface area contributed by atoms with Gasteiger partial charge < -0.3 is 15.5 Å². The Morgan fingerprint density at radius 1 is 1.18 bits per heavy atom. The number of rotatable bonds is 4. The number of nitrogens with one attached hydrogen (secondary N) is 1. The largest absolute Gasteiger partial charge is 0.496 e. The minimum Gasteiger partial charge on any atom is -0.496 e. The molecule has 1 amide bonds. The van der Waals surface area contributed by atoms with Gasteiger partial charge in [0.05, 0.1) is 18.4 Å². The second-order valence-electron chi connectivity index (χ2n) is 4.77. The number of H-pyrrole nitrogens is 1. The fourth-order valence-electron chi connectivity index (χ4n) is 2.40. The lowest BCUT2D eigenvalue weighted by Crippen LogP contribution is -2.11. The van der Waals surface area contributed by atoms with E-state index in [0.29, 0.717) is 17.0 Å². The quantitative estimate of drug-likeness (QED) is 0.776. The van der Waals surface area contributed by atoms with Crippen molar-refractivity contribution in [3.8, 4) is 28.3 Å². The molecule has 22 heavy (non-hydrogen) atoms. The van der Waals surface area contributed by atoms with Crippen LogP contribution in [-0.2, 0) is 0 Å². The summed E-state index contributed by atoms with van der Waals surface area (Å²) in [6.45, 7) is 0. The Labute approximate surface area is 127 Å². The van der Waals surface area contributed by atoms with Gasteiger partial charge in [-0.2, -0.15) is 0 Å². The van der Waals surface area contributed by atoms with Crippen LogP contribution in [0.25, 0.3) is 22.5 Å². The zero-order valence-electron chi connectivity index (χ0n) is 12.0. The summed E-state index contributed by atoms with van der Waals surface area (Å²) in [7, 11) is 1.59. The van der Waals surface area contributed by atoms with Crippen molar-refractivity contribution < 1.29 is 9.53 Å². The molecule has 0 saturated carbocycles. The van der Waals surface area contributed by atoms with Crippen molar-refractivity contribution in [2.45, 2.75) is 0 Å². The van der Waals surface area contributed by atoms with Crippen molar-refractivity contribution in [1.82, 2.24) is 9.97 Å². The number of amides is 1. The van der Waals surface area contributed by atoms with Gasteiger partial charge in [0.2, 0.25) is 0 Å². The highest BCUT2D eigenvalue weighted by Crippen LogP contribution is 2.34. The SMILES string of the molecule is COc1ccccc1-c1[nH]c(-c2ccncc2)cc1C(N)=O. The number of methoxy groups -OCH3 is 1. The van der Waals surface area contributed by atoms with E-state index >= 15 is 0 Å². The maximum absolute atomic E-state index is 11.8. The molecule has 2 aromatic heterocycles. The lowest BCUT2D eigenvalue weighted by Gasteiger charge is -2.08. The van der Waals surface area contributed by atoms with Crippen molar-refractivity contribution in [3.05, 3.63) is 60.4 Å². The van der Waals surface area contributed by atoms with Crippen LogP contribution in [0.2, 0.25) is 0 Å². The van der Waals surface area contributed by atoms with Gasteiger partial charge in [0.15, 0.2) is 0 Å². The molecule has 0 aliphatic rings. The molecule has 0 fully saturated rings. The van der Waals surface area contributed by atoms with Crippen molar-refractivity contribution in [1.29, 1.82) is 0 Å². The summed E-state index contributed by atoms with van der Waals surface area (Å²) in [4.78, 5) is 19.0. The fraction of sp³-hybridized carbons (Fsp3) is 0.0588. The third kappa shape index (κ3) is 2.44. The number of hydrogen-bond donors (Lipinski definition) is 2. The van der Waals surface area contributed by atoms with E-state index in [1.165, 1.54) is 0 Å². The summed E-state index contributed by atoms with van der Waals surface area (Å²) in [6.07, 6.45) is 3.39. The first-order valence-electron chi connectivity index (χ1n) is 6.77. The number of nitrogens with zero attached hydrogens (tertiary/aromatic N) is 1. The van der Waals surface area contributed by atoms with E-state index in [0.717, 1.165) is 16.8 Å². The van der Waals surface area contributed by atoms with Crippen molar-refractivity contribution >= 4 is 5.91 Å². The third-order valence-electron chi connectivity index (χ3n) is 3.45. The van der Waals surface area contributed by atoms with Crippen molar-refractivity contribution in [3.63, 3.8) is 0 Å². The molecule has 0 radical (unpaired) electrons. The van der Waals surface area contributed by atoms with Gasteiger partial charge in [0, 0.05) is 29.2 Å². The minimum absolute atomic E-state index is 0.427. The van der Waals surface area contributed by atoms with Crippen LogP contribution in [0.3, 0.4) is 0 Å². The molecule has 2 heterocycles. The molecule has 0 spiro atoms. The number of benzene rings is 1. The van der Waals surface area contributed by atoms with Crippen LogP contribution in [0, 0.1) is 0 Å². The van der Waals surface area contributed by atoms with E-state index in [4.69, 9.17) is 10.5 Å². The Morgan fingerprint density at radius 3 is 2.59 bits per heavy atom. The van der Waals surface area contributed by atoms with Crippen LogP contribution in [0.15, 0.2) is 54.9 Å². The van der Waals surface area contributed by atoms with Crippen LogP contribution in [-0.4, -0.2) is 23.0 Å². The zero-order chi connectivity index (χ0) is 15.5. The molecule has 3 N–H and O–H groups in total. The number of nitrogens with two attached hydrogens (primary N) is 1. The Kier molecular flexibility index (Phi) is 3.62. The maximum Gasteiger partial charge on any atom is 0.250 e. The van der Waals surface area contributed by atoms with Crippen LogP contribution < -0.4 is 10.5 Å². The van der Waals surface area contributed by atoms with E-state index in [2.05, 4.69) is 9.97 Å². The topological polar surface area (TPSA) is 81.0 Å².